The summed E-state index contributed by atoms with van der Waals surface area (Å²) in [7, 11) is 3.17. The van der Waals surface area contributed by atoms with Crippen molar-refractivity contribution in [2.75, 3.05) is 77.2 Å². The van der Waals surface area contributed by atoms with Crippen molar-refractivity contribution in [3.05, 3.63) is 24.3 Å². The minimum absolute atomic E-state index is 0.192. The summed E-state index contributed by atoms with van der Waals surface area (Å²) in [6.07, 6.45) is 29.4. The average molecular weight is 842 g/mol. The summed E-state index contributed by atoms with van der Waals surface area (Å²) >= 11 is 0. The summed E-state index contributed by atoms with van der Waals surface area (Å²) < 4.78 is 21.6. The Bertz CT molecular complexity index is 1010. The summed E-state index contributed by atoms with van der Waals surface area (Å²) in [6.45, 7) is 10.4. The maximum atomic E-state index is 13.1. The fraction of sp³-hybridized carbons (Fsp3) is 0.818. The van der Waals surface area contributed by atoms with Gasteiger partial charge in [0.1, 0.15) is 26.4 Å². The van der Waals surface area contributed by atoms with Gasteiger partial charge in [0, 0.05) is 50.5 Å². The lowest BCUT2D eigenvalue weighted by molar-refractivity contribution is -0.143. The molecule has 1 rings (SSSR count). The van der Waals surface area contributed by atoms with Crippen LogP contribution in [0, 0.1) is 0 Å². The Labute approximate surface area is 354 Å². The van der Waals surface area contributed by atoms with Gasteiger partial charge >= 0.3 is 24.1 Å². The normalized spacial score (nSPS) is 13.4. The third-order valence-corrected chi connectivity index (χ3v) is 11.9. The summed E-state index contributed by atoms with van der Waals surface area (Å²) in [5.41, 5.74) is 0. The van der Waals surface area contributed by atoms with E-state index in [9.17, 15) is 19.2 Å². The van der Waals surface area contributed by atoms with Gasteiger partial charge in [0.2, 0.25) is 0 Å². The van der Waals surface area contributed by atoms with E-state index in [1.165, 1.54) is 77.0 Å². The molecule has 0 bridgehead atoms. The number of carbonyl (C=O) groups is 4. The molecule has 0 spiro atoms. The van der Waals surface area contributed by atoms with Crippen molar-refractivity contribution in [3.8, 4) is 0 Å². The van der Waals surface area contributed by atoms with Crippen LogP contribution in [-0.4, -0.2) is 111 Å². The van der Waals surface area contributed by atoms with E-state index >= 15 is 0 Å². The SMILES string of the molecule is CCCCCC/C=C\COC(=O)CCCCCN(CCCCCC(=O)OC/C=C\CCCCCC)C(=O)OCCSSCCOC(=O)NCCN1CCCCCC1. The van der Waals surface area contributed by atoms with Gasteiger partial charge in [0.05, 0.1) is 0 Å². The van der Waals surface area contributed by atoms with Crippen LogP contribution >= 0.6 is 21.6 Å². The first-order chi connectivity index (χ1) is 28.0. The van der Waals surface area contributed by atoms with Crippen LogP contribution in [0.25, 0.3) is 0 Å². The summed E-state index contributed by atoms with van der Waals surface area (Å²) in [6, 6.07) is 0. The zero-order valence-electron chi connectivity index (χ0n) is 35.8. The summed E-state index contributed by atoms with van der Waals surface area (Å²) in [4.78, 5) is 53.5. The predicted molar refractivity (Wildman–Crippen MR) is 237 cm³/mol. The summed E-state index contributed by atoms with van der Waals surface area (Å²) in [5, 5.41) is 2.84. The van der Waals surface area contributed by atoms with Crippen LogP contribution in [0.4, 0.5) is 9.59 Å². The van der Waals surface area contributed by atoms with E-state index in [0.29, 0.717) is 76.6 Å². The molecule has 13 heteroatoms. The zero-order chi connectivity index (χ0) is 41.3. The molecule has 0 aromatic heterocycles. The highest BCUT2D eigenvalue weighted by Crippen LogP contribution is 2.20. The van der Waals surface area contributed by atoms with Crippen LogP contribution in [0.3, 0.4) is 0 Å². The van der Waals surface area contributed by atoms with Crippen molar-refractivity contribution < 1.29 is 38.1 Å². The number of allylic oxidation sites excluding steroid dienone is 2. The number of nitrogens with zero attached hydrogens (tertiary/aromatic N) is 2. The van der Waals surface area contributed by atoms with Crippen LogP contribution in [0.2, 0.25) is 0 Å². The number of carbonyl (C=O) groups excluding carboxylic acids is 4. The third kappa shape index (κ3) is 35.3. The van der Waals surface area contributed by atoms with E-state index in [0.717, 1.165) is 58.2 Å². The highest BCUT2D eigenvalue weighted by atomic mass is 33.1. The number of amides is 2. The number of hydrogen-bond acceptors (Lipinski definition) is 11. The molecule has 1 N–H and O–H groups in total. The van der Waals surface area contributed by atoms with Gasteiger partial charge in [-0.1, -0.05) is 124 Å². The molecule has 0 radical (unpaired) electrons. The van der Waals surface area contributed by atoms with Crippen molar-refractivity contribution in [2.45, 2.75) is 155 Å². The van der Waals surface area contributed by atoms with E-state index in [-0.39, 0.29) is 30.7 Å². The highest BCUT2D eigenvalue weighted by molar-refractivity contribution is 8.76. The van der Waals surface area contributed by atoms with Crippen LogP contribution in [-0.2, 0) is 28.5 Å². The lowest BCUT2D eigenvalue weighted by Crippen LogP contribution is -2.35. The molecule has 1 saturated heterocycles. The van der Waals surface area contributed by atoms with Crippen molar-refractivity contribution in [1.82, 2.24) is 15.1 Å². The second-order valence-corrected chi connectivity index (χ2v) is 17.4. The quantitative estimate of drug-likeness (QED) is 0.0213. The molecule has 1 aliphatic heterocycles. The van der Waals surface area contributed by atoms with Gasteiger partial charge in [-0.2, -0.15) is 0 Å². The number of esters is 2. The number of rotatable bonds is 36. The lowest BCUT2D eigenvalue weighted by atomic mass is 10.1. The number of unbranched alkanes of at least 4 members (excludes halogenated alkanes) is 12. The van der Waals surface area contributed by atoms with Crippen LogP contribution in [0.1, 0.15) is 155 Å². The molecule has 1 fully saturated rings. The lowest BCUT2D eigenvalue weighted by Gasteiger charge is -2.22. The predicted octanol–water partition coefficient (Wildman–Crippen LogP) is 10.7. The van der Waals surface area contributed by atoms with Crippen LogP contribution < -0.4 is 5.32 Å². The van der Waals surface area contributed by atoms with Gasteiger partial charge < -0.3 is 34.1 Å². The Balaban J connectivity index is 2.30. The highest BCUT2D eigenvalue weighted by Gasteiger charge is 2.15. The topological polar surface area (TPSA) is 124 Å². The van der Waals surface area contributed by atoms with Gasteiger partial charge in [-0.15, -0.1) is 0 Å². The Morgan fingerprint density at radius 1 is 0.596 bits per heavy atom. The zero-order valence-corrected chi connectivity index (χ0v) is 37.5. The molecule has 0 aromatic rings. The number of nitrogens with one attached hydrogen (secondary N) is 1. The molecule has 11 nitrogen and oxygen atoms in total. The molecule has 2 amide bonds. The average Bonchev–Trinajstić information content (AvgIpc) is 3.48. The third-order valence-electron chi connectivity index (χ3n) is 9.61. The van der Waals surface area contributed by atoms with Gasteiger partial charge in [0.25, 0.3) is 0 Å². The molecule has 0 aromatic carbocycles. The first kappa shape index (κ1) is 52.6. The molecule has 330 valence electrons. The van der Waals surface area contributed by atoms with Crippen molar-refractivity contribution in [3.63, 3.8) is 0 Å². The number of ether oxygens (including phenoxy) is 4. The maximum absolute atomic E-state index is 13.1. The first-order valence-electron chi connectivity index (χ1n) is 22.4. The minimum atomic E-state index is -0.378. The van der Waals surface area contributed by atoms with E-state index in [4.69, 9.17) is 18.9 Å². The van der Waals surface area contributed by atoms with Crippen molar-refractivity contribution >= 4 is 45.7 Å². The smallest absolute Gasteiger partial charge is 0.409 e. The molecule has 0 unspecified atom stereocenters. The summed E-state index contributed by atoms with van der Waals surface area (Å²) in [5.74, 6) is 0.889. The Hall–Kier alpha value is -2.38. The largest absolute Gasteiger partial charge is 0.461 e. The fourth-order valence-corrected chi connectivity index (χ4v) is 7.89. The molecule has 57 heavy (non-hydrogen) atoms. The van der Waals surface area contributed by atoms with E-state index in [1.807, 2.05) is 12.2 Å². The van der Waals surface area contributed by atoms with Gasteiger partial charge in [-0.3, -0.25) is 9.59 Å². The first-order valence-corrected chi connectivity index (χ1v) is 24.8. The van der Waals surface area contributed by atoms with Gasteiger partial charge in [0.15, 0.2) is 0 Å². The van der Waals surface area contributed by atoms with Crippen LogP contribution in [0.15, 0.2) is 24.3 Å². The Kier molecular flexibility index (Phi) is 37.3. The molecule has 1 heterocycles. The molecule has 0 aliphatic carbocycles. The number of hydrogen-bond donors (Lipinski definition) is 1. The van der Waals surface area contributed by atoms with Gasteiger partial charge in [-0.25, -0.2) is 9.59 Å². The van der Waals surface area contributed by atoms with Crippen molar-refractivity contribution in [2.24, 2.45) is 0 Å². The van der Waals surface area contributed by atoms with Gasteiger partial charge in [-0.05, 0) is 77.3 Å². The van der Waals surface area contributed by atoms with E-state index in [2.05, 4.69) is 36.2 Å². The molecule has 0 saturated carbocycles. The molecule has 0 atom stereocenters. The minimum Gasteiger partial charge on any atom is -0.461 e. The molecular weight excluding hydrogens is 763 g/mol. The maximum Gasteiger partial charge on any atom is 0.409 e. The van der Waals surface area contributed by atoms with E-state index in [1.54, 1.807) is 26.5 Å². The van der Waals surface area contributed by atoms with Crippen LogP contribution in [0.5, 0.6) is 0 Å². The second kappa shape index (κ2) is 40.4. The number of alkyl carbamates (subject to hydrolysis) is 1. The van der Waals surface area contributed by atoms with E-state index < -0.39 is 0 Å². The Morgan fingerprint density at radius 3 is 1.63 bits per heavy atom. The molecule has 1 aliphatic rings. The monoisotopic (exact) mass is 842 g/mol. The standard InChI is InChI=1S/C44H79N3O8S2/c1-3-5-7-9-11-15-25-35-52-41(48)27-19-17-23-32-47(33-24-18-20-28-42(49)53-36-26-16-12-10-8-6-4-2)44(51)55-38-40-57-56-39-37-54-43(50)45-29-34-46-30-21-13-14-22-31-46/h15-16,25-26H,3-14,17-24,27-40H2,1-2H3,(H,45,50)/b25-15-,26-16-. The van der Waals surface area contributed by atoms with Crippen molar-refractivity contribution in [1.29, 1.82) is 0 Å². The Morgan fingerprint density at radius 2 is 1.11 bits per heavy atom. The number of likely N-dealkylation sites (tertiary alicyclic amines) is 1. The second-order valence-electron chi connectivity index (χ2n) is 14.7. The fourth-order valence-electron chi connectivity index (χ4n) is 6.24. The molecular formula is C44H79N3O8S2.